The van der Waals surface area contributed by atoms with Crippen LogP contribution in [0.15, 0.2) is 24.3 Å². The minimum atomic E-state index is -0.882. The number of hydrogen-bond acceptors (Lipinski definition) is 6. The van der Waals surface area contributed by atoms with E-state index in [1.54, 1.807) is 0 Å². The summed E-state index contributed by atoms with van der Waals surface area (Å²) in [5.41, 5.74) is 0. The zero-order valence-electron chi connectivity index (χ0n) is 29.6. The summed E-state index contributed by atoms with van der Waals surface area (Å²) >= 11 is 0. The van der Waals surface area contributed by atoms with E-state index in [0.29, 0.717) is 19.3 Å². The first-order chi connectivity index (χ1) is 21.6. The molecule has 0 aromatic rings. The number of nitrogens with zero attached hydrogens (tertiary/aromatic N) is 1. The van der Waals surface area contributed by atoms with E-state index in [1.165, 1.54) is 57.8 Å². The number of aliphatic carboxylic acids is 1. The van der Waals surface area contributed by atoms with E-state index in [9.17, 15) is 19.5 Å². The molecule has 262 valence electrons. The van der Waals surface area contributed by atoms with Crippen LogP contribution in [0.2, 0.25) is 0 Å². The molecule has 0 amide bonds. The molecule has 0 aromatic carbocycles. The highest BCUT2D eigenvalue weighted by atomic mass is 16.6. The smallest absolute Gasteiger partial charge is 0.362 e. The molecule has 0 spiro atoms. The van der Waals surface area contributed by atoms with E-state index >= 15 is 0 Å². The highest BCUT2D eigenvalue weighted by Gasteiger charge is 2.31. The van der Waals surface area contributed by atoms with Crippen LogP contribution in [0.1, 0.15) is 142 Å². The Morgan fingerprint density at radius 3 is 1.71 bits per heavy atom. The normalized spacial score (nSPS) is 13.4. The summed E-state index contributed by atoms with van der Waals surface area (Å²) in [7, 11) is 5.49. The molecule has 0 radical (unpaired) electrons. The van der Waals surface area contributed by atoms with Crippen molar-refractivity contribution in [2.45, 2.75) is 154 Å². The fourth-order valence-electron chi connectivity index (χ4n) is 4.97. The van der Waals surface area contributed by atoms with Crippen molar-refractivity contribution in [2.24, 2.45) is 0 Å². The van der Waals surface area contributed by atoms with E-state index in [1.807, 2.05) is 21.1 Å². The summed E-state index contributed by atoms with van der Waals surface area (Å²) in [6.45, 7) is 4.61. The fraction of sp³-hybridized carbons (Fsp3) is 0.811. The monoisotopic (exact) mass is 638 g/mol. The number of likely N-dealkylation sites (N-methyl/N-ethyl adjacent to an activating group) is 1. The van der Waals surface area contributed by atoms with E-state index in [4.69, 9.17) is 14.2 Å². The van der Waals surface area contributed by atoms with Crippen LogP contribution in [0.25, 0.3) is 0 Å². The highest BCUT2D eigenvalue weighted by molar-refractivity contribution is 5.72. The van der Waals surface area contributed by atoms with Gasteiger partial charge < -0.3 is 23.8 Å². The third kappa shape index (κ3) is 27.8. The lowest BCUT2D eigenvalue weighted by Crippen LogP contribution is -2.50. The van der Waals surface area contributed by atoms with Crippen LogP contribution in [0.5, 0.6) is 0 Å². The molecular formula is C37H68NO7+. The number of rotatable bonds is 31. The summed E-state index contributed by atoms with van der Waals surface area (Å²) in [5.74, 6) is -1.53. The zero-order valence-corrected chi connectivity index (χ0v) is 29.6. The number of hydrogen-bond donors (Lipinski definition) is 1. The van der Waals surface area contributed by atoms with Gasteiger partial charge in [-0.05, 0) is 57.8 Å². The Labute approximate surface area is 275 Å². The Hall–Kier alpha value is -2.19. The van der Waals surface area contributed by atoms with Gasteiger partial charge in [-0.15, -0.1) is 0 Å². The van der Waals surface area contributed by atoms with Gasteiger partial charge in [-0.2, -0.15) is 0 Å². The van der Waals surface area contributed by atoms with Crippen molar-refractivity contribution in [1.29, 1.82) is 0 Å². The van der Waals surface area contributed by atoms with Crippen LogP contribution < -0.4 is 0 Å². The molecule has 2 unspecified atom stereocenters. The maximum Gasteiger partial charge on any atom is 0.362 e. The first-order valence-corrected chi connectivity index (χ1v) is 17.9. The first kappa shape index (κ1) is 42.8. The number of carboxylic acids is 1. The average Bonchev–Trinajstić information content (AvgIpc) is 2.98. The molecule has 0 saturated heterocycles. The maximum atomic E-state index is 12.5. The molecule has 8 heteroatoms. The number of unbranched alkanes of at least 4 members (excludes halogenated alkanes) is 13. The molecular weight excluding hydrogens is 570 g/mol. The predicted molar refractivity (Wildman–Crippen MR) is 183 cm³/mol. The summed E-state index contributed by atoms with van der Waals surface area (Å²) in [5, 5.41) is 9.55. The van der Waals surface area contributed by atoms with Gasteiger partial charge >= 0.3 is 17.9 Å². The van der Waals surface area contributed by atoms with Gasteiger partial charge in [0.25, 0.3) is 0 Å². The van der Waals surface area contributed by atoms with Gasteiger partial charge in [0.2, 0.25) is 0 Å². The highest BCUT2D eigenvalue weighted by Crippen LogP contribution is 2.12. The van der Waals surface area contributed by atoms with Crippen molar-refractivity contribution >= 4 is 17.9 Å². The molecule has 0 aromatic heterocycles. The molecule has 0 bridgehead atoms. The minimum absolute atomic E-state index is 0.0488. The second-order valence-electron chi connectivity index (χ2n) is 13.1. The summed E-state index contributed by atoms with van der Waals surface area (Å²) in [6, 6.07) is -0.615. The van der Waals surface area contributed by atoms with Crippen LogP contribution in [-0.4, -0.2) is 80.6 Å². The number of esters is 2. The van der Waals surface area contributed by atoms with Crippen molar-refractivity contribution in [3.8, 4) is 0 Å². The van der Waals surface area contributed by atoms with Gasteiger partial charge in [0.05, 0.1) is 34.4 Å². The van der Waals surface area contributed by atoms with Gasteiger partial charge in [-0.1, -0.05) is 89.5 Å². The second-order valence-corrected chi connectivity index (χ2v) is 13.1. The van der Waals surface area contributed by atoms with Crippen molar-refractivity contribution in [1.82, 2.24) is 0 Å². The van der Waals surface area contributed by atoms with Gasteiger partial charge in [-0.25, -0.2) is 4.79 Å². The maximum absolute atomic E-state index is 12.5. The number of carboxylic acid groups (broad SMARTS) is 1. The molecule has 0 aliphatic carbocycles. The topological polar surface area (TPSA) is 99.1 Å². The van der Waals surface area contributed by atoms with Gasteiger partial charge in [0, 0.05) is 19.3 Å². The van der Waals surface area contributed by atoms with Crippen molar-refractivity contribution in [3.05, 3.63) is 24.3 Å². The molecule has 0 fully saturated rings. The van der Waals surface area contributed by atoms with Gasteiger partial charge in [0.15, 0.2) is 12.1 Å². The number of allylic oxidation sites excluding steroid dienone is 4. The Balaban J connectivity index is 4.49. The minimum Gasteiger partial charge on any atom is -0.477 e. The lowest BCUT2D eigenvalue weighted by molar-refractivity contribution is -0.887. The van der Waals surface area contributed by atoms with E-state index in [2.05, 4.69) is 38.2 Å². The van der Waals surface area contributed by atoms with Gasteiger partial charge in [-0.3, -0.25) is 9.59 Å². The van der Waals surface area contributed by atoms with E-state index in [0.717, 1.165) is 44.9 Å². The SMILES string of the molecule is CCCCC/C=C/CCCCCCCC(=O)OCC(COCCC(C(=O)O)[N+](C)(C)C)OC(=O)CCC/C=C/CCCCCC. The Morgan fingerprint density at radius 2 is 1.13 bits per heavy atom. The van der Waals surface area contributed by atoms with Crippen LogP contribution in [0.3, 0.4) is 0 Å². The second kappa shape index (κ2) is 29.2. The Morgan fingerprint density at radius 1 is 0.644 bits per heavy atom. The quantitative estimate of drug-likeness (QED) is 0.0351. The molecule has 8 nitrogen and oxygen atoms in total. The number of ether oxygens (including phenoxy) is 3. The lowest BCUT2D eigenvalue weighted by Gasteiger charge is -2.31. The van der Waals surface area contributed by atoms with E-state index in [-0.39, 0.29) is 42.7 Å². The van der Waals surface area contributed by atoms with Crippen LogP contribution in [0.4, 0.5) is 0 Å². The predicted octanol–water partition coefficient (Wildman–Crippen LogP) is 8.57. The summed E-state index contributed by atoms with van der Waals surface area (Å²) in [4.78, 5) is 36.6. The van der Waals surface area contributed by atoms with Crippen molar-refractivity contribution < 1.29 is 38.2 Å². The average molecular weight is 639 g/mol. The molecule has 0 aliphatic heterocycles. The molecule has 1 N–H and O–H groups in total. The van der Waals surface area contributed by atoms with Crippen molar-refractivity contribution in [3.63, 3.8) is 0 Å². The molecule has 2 atom stereocenters. The lowest BCUT2D eigenvalue weighted by atomic mass is 10.1. The summed E-state index contributed by atoms with van der Waals surface area (Å²) in [6.07, 6.45) is 28.0. The molecule has 0 heterocycles. The Bertz CT molecular complexity index is 803. The van der Waals surface area contributed by atoms with E-state index < -0.39 is 18.1 Å². The Kier molecular flexibility index (Phi) is 27.8. The summed E-state index contributed by atoms with van der Waals surface area (Å²) < 4.78 is 17.1. The number of quaternary nitrogens is 1. The fourth-order valence-corrected chi connectivity index (χ4v) is 4.97. The number of carbonyl (C=O) groups excluding carboxylic acids is 2. The molecule has 45 heavy (non-hydrogen) atoms. The van der Waals surface area contributed by atoms with Crippen molar-refractivity contribution in [2.75, 3.05) is 41.0 Å². The standard InChI is InChI=1S/C37H67NO7/c1-6-8-10-12-14-16-17-18-20-21-23-25-27-35(39)44-32-33(31-43-30-29-34(37(41)42)38(3,4)5)45-36(40)28-26-24-22-19-15-13-11-9-7-2/h14,16,19,22,33-34H,6-13,15,17-18,20-21,23-32H2,1-5H3/p+1/b16-14+,22-19+. The van der Waals surface area contributed by atoms with Crippen LogP contribution in [0, 0.1) is 0 Å². The third-order valence-corrected chi connectivity index (χ3v) is 7.82. The van der Waals surface area contributed by atoms with Crippen LogP contribution >= 0.6 is 0 Å². The molecule has 0 aliphatic rings. The van der Waals surface area contributed by atoms with Crippen LogP contribution in [-0.2, 0) is 28.6 Å². The molecule has 0 rings (SSSR count). The molecule has 0 saturated carbocycles. The third-order valence-electron chi connectivity index (χ3n) is 7.82. The largest absolute Gasteiger partial charge is 0.477 e. The number of carbonyl (C=O) groups is 3. The zero-order chi connectivity index (χ0) is 33.6. The first-order valence-electron chi connectivity index (χ1n) is 17.9. The van der Waals surface area contributed by atoms with Gasteiger partial charge in [0.1, 0.15) is 6.61 Å².